The largest absolute Gasteiger partial charge is 0.494 e. The average Bonchev–Trinajstić information content (AvgIpc) is 3.13. The zero-order valence-electron chi connectivity index (χ0n) is 18.7. The first-order valence-electron chi connectivity index (χ1n) is 10.8. The predicted octanol–water partition coefficient (Wildman–Crippen LogP) is 7.76. The molecule has 0 unspecified atom stereocenters. The van der Waals surface area contributed by atoms with Crippen LogP contribution in [0.25, 0.3) is 0 Å². The smallest absolute Gasteiger partial charge is 0.264 e. The lowest BCUT2D eigenvalue weighted by molar-refractivity contribution is -0.130. The number of hydrogen-bond acceptors (Lipinski definition) is 4. The number of ether oxygens (including phenoxy) is 1. The van der Waals surface area contributed by atoms with Gasteiger partial charge < -0.3 is 9.64 Å². The number of rotatable bonds is 5. The minimum absolute atomic E-state index is 0.157. The van der Waals surface area contributed by atoms with E-state index in [4.69, 9.17) is 74.3 Å². The Labute approximate surface area is 241 Å². The van der Waals surface area contributed by atoms with Gasteiger partial charge in [-0.25, -0.2) is 0 Å². The fraction of sp³-hybridized carbons (Fsp3) is 0.160. The van der Waals surface area contributed by atoms with E-state index in [1.54, 1.807) is 36.4 Å². The molecule has 0 bridgehead atoms. The van der Waals surface area contributed by atoms with E-state index in [2.05, 4.69) is 0 Å². The summed E-state index contributed by atoms with van der Waals surface area (Å²) in [6.45, 7) is 2.33. The summed E-state index contributed by atoms with van der Waals surface area (Å²) in [7, 11) is 0. The molecule has 37 heavy (non-hydrogen) atoms. The molecule has 3 aromatic rings. The number of amides is 3. The highest BCUT2D eigenvalue weighted by atomic mass is 35.5. The van der Waals surface area contributed by atoms with Crippen LogP contribution in [0.5, 0.6) is 5.75 Å². The molecule has 0 aromatic heterocycles. The summed E-state index contributed by atoms with van der Waals surface area (Å²) in [6.07, 6.45) is 0. The third-order valence-corrected chi connectivity index (χ3v) is 8.73. The normalized spacial score (nSPS) is 18.8. The lowest BCUT2D eigenvalue weighted by Crippen LogP contribution is -2.67. The second-order valence-corrected chi connectivity index (χ2v) is 10.5. The Morgan fingerprint density at radius 3 is 1.78 bits per heavy atom. The van der Waals surface area contributed by atoms with E-state index in [1.165, 1.54) is 11.0 Å². The Morgan fingerprint density at radius 1 is 0.703 bits per heavy atom. The van der Waals surface area contributed by atoms with Crippen LogP contribution in [0.1, 0.15) is 39.2 Å². The molecular formula is C25H14Cl6N2O4. The van der Waals surface area contributed by atoms with Crippen LogP contribution in [0.3, 0.4) is 0 Å². The van der Waals surface area contributed by atoms with Gasteiger partial charge in [-0.15, -0.1) is 0 Å². The maximum atomic E-state index is 13.6. The van der Waals surface area contributed by atoms with E-state index in [0.29, 0.717) is 28.6 Å². The van der Waals surface area contributed by atoms with Crippen LogP contribution in [-0.4, -0.2) is 35.3 Å². The summed E-state index contributed by atoms with van der Waals surface area (Å²) in [5.41, 5.74) is 0.687. The third kappa shape index (κ3) is 4.06. The van der Waals surface area contributed by atoms with Crippen LogP contribution in [0.2, 0.25) is 30.1 Å². The average molecular weight is 619 g/mol. The number of β-lactam (4-membered cyclic amide) rings is 1. The summed E-state index contributed by atoms with van der Waals surface area (Å²) in [5, 5.41) is -0.184. The first-order chi connectivity index (χ1) is 17.6. The standard InChI is InChI=1S/C25H14Cl6N2O4/c1-2-37-12-6-3-10(4-7-12)21-22(25(36)32(21)11-5-8-13(26)14(27)9-11)33-23(34)15-16(24(33)35)18(29)20(31)19(30)17(15)28/h3-9,21-22H,2H2,1H3/t21-,22-/m0/s1. The van der Waals surface area contributed by atoms with Crippen LogP contribution in [0.4, 0.5) is 5.69 Å². The van der Waals surface area contributed by atoms with Gasteiger partial charge >= 0.3 is 0 Å². The van der Waals surface area contributed by atoms with Crippen LogP contribution in [0, 0.1) is 0 Å². The van der Waals surface area contributed by atoms with Crippen molar-refractivity contribution >= 4 is 93.0 Å². The van der Waals surface area contributed by atoms with E-state index in [1.807, 2.05) is 6.92 Å². The van der Waals surface area contributed by atoms with E-state index in [9.17, 15) is 14.4 Å². The van der Waals surface area contributed by atoms with Crippen molar-refractivity contribution in [2.75, 3.05) is 11.5 Å². The van der Waals surface area contributed by atoms with Gasteiger partial charge in [0.15, 0.2) is 0 Å². The number of fused-ring (bicyclic) bond motifs is 1. The Hall–Kier alpha value is -2.19. The van der Waals surface area contributed by atoms with Gasteiger partial charge in [0.05, 0.1) is 53.9 Å². The Morgan fingerprint density at radius 2 is 1.27 bits per heavy atom. The first kappa shape index (κ1) is 26.4. The molecule has 3 aromatic carbocycles. The van der Waals surface area contributed by atoms with Gasteiger partial charge in [0, 0.05) is 5.69 Å². The van der Waals surface area contributed by atoms with Crippen molar-refractivity contribution in [3.05, 3.63) is 89.3 Å². The highest BCUT2D eigenvalue weighted by Crippen LogP contribution is 2.49. The number of benzene rings is 3. The second kappa shape index (κ2) is 9.84. The zero-order valence-corrected chi connectivity index (χ0v) is 23.2. The second-order valence-electron chi connectivity index (χ2n) is 8.18. The topological polar surface area (TPSA) is 66.9 Å². The van der Waals surface area contributed by atoms with Crippen molar-refractivity contribution in [3.63, 3.8) is 0 Å². The molecule has 5 rings (SSSR count). The summed E-state index contributed by atoms with van der Waals surface area (Å²) >= 11 is 37.1. The highest BCUT2D eigenvalue weighted by molar-refractivity contribution is 6.55. The molecular weight excluding hydrogens is 605 g/mol. The summed E-state index contributed by atoms with van der Waals surface area (Å²) < 4.78 is 5.52. The van der Waals surface area contributed by atoms with Crippen molar-refractivity contribution in [3.8, 4) is 5.75 Å². The lowest BCUT2D eigenvalue weighted by Gasteiger charge is -2.49. The fourth-order valence-electron chi connectivity index (χ4n) is 4.53. The number of imide groups is 1. The third-order valence-electron chi connectivity index (χ3n) is 6.19. The Bertz CT molecular complexity index is 1450. The maximum Gasteiger partial charge on any atom is 0.264 e. The van der Waals surface area contributed by atoms with E-state index in [0.717, 1.165) is 4.90 Å². The molecule has 2 heterocycles. The van der Waals surface area contributed by atoms with Gasteiger partial charge in [-0.1, -0.05) is 81.7 Å². The van der Waals surface area contributed by atoms with E-state index < -0.39 is 29.8 Å². The molecule has 6 nitrogen and oxygen atoms in total. The molecule has 2 aliphatic heterocycles. The zero-order chi connectivity index (χ0) is 26.8. The maximum absolute atomic E-state index is 13.6. The van der Waals surface area contributed by atoms with Crippen molar-refractivity contribution in [2.24, 2.45) is 0 Å². The molecule has 190 valence electrons. The molecule has 1 saturated heterocycles. The minimum Gasteiger partial charge on any atom is -0.494 e. The quantitative estimate of drug-likeness (QED) is 0.127. The molecule has 0 N–H and O–H groups in total. The first-order valence-corrected chi connectivity index (χ1v) is 13.1. The van der Waals surface area contributed by atoms with E-state index >= 15 is 0 Å². The molecule has 1 fully saturated rings. The molecule has 0 radical (unpaired) electrons. The van der Waals surface area contributed by atoms with Crippen molar-refractivity contribution < 1.29 is 19.1 Å². The van der Waals surface area contributed by atoms with Crippen LogP contribution >= 0.6 is 69.6 Å². The van der Waals surface area contributed by atoms with Gasteiger partial charge in [0.2, 0.25) is 0 Å². The summed E-state index contributed by atoms with van der Waals surface area (Å²) in [4.78, 5) is 42.9. The number of carbonyl (C=O) groups excluding carboxylic acids is 3. The number of anilines is 1. The Kier molecular flexibility index (Phi) is 7.03. The highest BCUT2D eigenvalue weighted by Gasteiger charge is 2.58. The molecule has 3 amide bonds. The van der Waals surface area contributed by atoms with Gasteiger partial charge in [-0.3, -0.25) is 19.3 Å². The van der Waals surface area contributed by atoms with Gasteiger partial charge in [-0.05, 0) is 42.8 Å². The fourth-order valence-corrected chi connectivity index (χ4v) is 5.83. The summed E-state index contributed by atoms with van der Waals surface area (Å²) in [5.74, 6) is -1.49. The number of hydrogen-bond donors (Lipinski definition) is 0. The number of halogens is 6. The van der Waals surface area contributed by atoms with Crippen LogP contribution in [-0.2, 0) is 4.79 Å². The molecule has 2 aliphatic rings. The van der Waals surface area contributed by atoms with Crippen molar-refractivity contribution in [1.29, 1.82) is 0 Å². The predicted molar refractivity (Wildman–Crippen MR) is 145 cm³/mol. The SMILES string of the molecule is CCOc1ccc([C@H]2[C@H](N3C(=O)c4c(Cl)c(Cl)c(Cl)c(Cl)c4C3=O)C(=O)N2c2ccc(Cl)c(Cl)c2)cc1. The number of carbonyl (C=O) groups is 3. The van der Waals surface area contributed by atoms with Gasteiger partial charge in [-0.2, -0.15) is 0 Å². The monoisotopic (exact) mass is 616 g/mol. The minimum atomic E-state index is -1.20. The lowest BCUT2D eigenvalue weighted by atomic mass is 9.86. The summed E-state index contributed by atoms with van der Waals surface area (Å²) in [6, 6.07) is 9.74. The molecule has 0 spiro atoms. The Balaban J connectivity index is 1.62. The van der Waals surface area contributed by atoms with Crippen molar-refractivity contribution in [1.82, 2.24) is 4.90 Å². The molecule has 0 aliphatic carbocycles. The molecule has 0 saturated carbocycles. The van der Waals surface area contributed by atoms with Crippen LogP contribution in [0.15, 0.2) is 42.5 Å². The van der Waals surface area contributed by atoms with Crippen LogP contribution < -0.4 is 9.64 Å². The van der Waals surface area contributed by atoms with Gasteiger partial charge in [0.1, 0.15) is 11.8 Å². The molecule has 12 heteroatoms. The number of nitrogens with zero attached hydrogens (tertiary/aromatic N) is 2. The van der Waals surface area contributed by atoms with E-state index in [-0.39, 0.29) is 36.2 Å². The van der Waals surface area contributed by atoms with Gasteiger partial charge in [0.25, 0.3) is 17.7 Å². The van der Waals surface area contributed by atoms with Crippen molar-refractivity contribution in [2.45, 2.75) is 19.0 Å². The molecule has 2 atom stereocenters.